The van der Waals surface area contributed by atoms with Crippen LogP contribution >= 0.6 is 0 Å². The van der Waals surface area contributed by atoms with E-state index in [1.165, 1.54) is 12.8 Å². The van der Waals surface area contributed by atoms with Crippen LogP contribution in [0.2, 0.25) is 0 Å². The van der Waals surface area contributed by atoms with E-state index < -0.39 is 0 Å². The Kier molecular flexibility index (Phi) is 4.17. The van der Waals surface area contributed by atoms with Crippen LogP contribution in [0, 0.1) is 5.41 Å². The Morgan fingerprint density at radius 2 is 2.35 bits per heavy atom. The molecule has 2 saturated heterocycles. The Morgan fingerprint density at radius 3 is 2.94 bits per heavy atom. The minimum Gasteiger partial charge on any atom is -0.380 e. The lowest BCUT2D eigenvalue weighted by Crippen LogP contribution is -2.49. The van der Waals surface area contributed by atoms with Crippen molar-refractivity contribution in [2.24, 2.45) is 5.41 Å². The lowest BCUT2D eigenvalue weighted by atomic mass is 9.87. The zero-order valence-electron chi connectivity index (χ0n) is 11.0. The molecule has 4 nitrogen and oxygen atoms in total. The maximum atomic E-state index is 11.3. The number of ether oxygens (including phenoxy) is 1. The molecule has 0 radical (unpaired) electrons. The van der Waals surface area contributed by atoms with Gasteiger partial charge in [-0.1, -0.05) is 0 Å². The molecule has 2 aliphatic heterocycles. The summed E-state index contributed by atoms with van der Waals surface area (Å²) >= 11 is 0. The summed E-state index contributed by atoms with van der Waals surface area (Å²) in [6.07, 6.45) is 4.52. The van der Waals surface area contributed by atoms with Crippen LogP contribution in [-0.4, -0.2) is 69.1 Å². The fourth-order valence-electron chi connectivity index (χ4n) is 2.92. The largest absolute Gasteiger partial charge is 0.380 e. The topological polar surface area (TPSA) is 32.8 Å². The Balaban J connectivity index is 1.91. The third-order valence-electron chi connectivity index (χ3n) is 4.13. The molecule has 0 aromatic heterocycles. The number of nitrogens with zero attached hydrogens (tertiary/aromatic N) is 2. The lowest BCUT2D eigenvalue weighted by molar-refractivity contribution is -0.117. The summed E-state index contributed by atoms with van der Waals surface area (Å²) in [6.45, 7) is 4.44. The smallest absolute Gasteiger partial charge is 0.129 e. The van der Waals surface area contributed by atoms with Crippen molar-refractivity contribution in [1.82, 2.24) is 9.80 Å². The highest BCUT2D eigenvalue weighted by Crippen LogP contribution is 2.28. The Labute approximate surface area is 104 Å². The van der Waals surface area contributed by atoms with E-state index in [0.29, 0.717) is 12.6 Å². The number of carbonyl (C=O) groups excluding carboxylic acids is 1. The van der Waals surface area contributed by atoms with Crippen LogP contribution in [0.1, 0.15) is 19.3 Å². The molecule has 2 atom stereocenters. The number of carbonyl (C=O) groups is 1. The van der Waals surface area contributed by atoms with Crippen molar-refractivity contribution >= 4 is 6.29 Å². The van der Waals surface area contributed by atoms with E-state index in [0.717, 1.165) is 38.9 Å². The van der Waals surface area contributed by atoms with E-state index in [1.54, 1.807) is 0 Å². The van der Waals surface area contributed by atoms with Crippen molar-refractivity contribution in [2.75, 3.05) is 46.9 Å². The fraction of sp³-hybridized carbons (Fsp3) is 0.923. The monoisotopic (exact) mass is 240 g/mol. The van der Waals surface area contributed by atoms with Gasteiger partial charge in [-0.2, -0.15) is 0 Å². The van der Waals surface area contributed by atoms with Crippen molar-refractivity contribution in [3.8, 4) is 0 Å². The molecular weight excluding hydrogens is 216 g/mol. The van der Waals surface area contributed by atoms with Crippen LogP contribution in [0.3, 0.4) is 0 Å². The zero-order valence-corrected chi connectivity index (χ0v) is 11.0. The minimum absolute atomic E-state index is 0.228. The van der Waals surface area contributed by atoms with Gasteiger partial charge in [0.1, 0.15) is 6.29 Å². The van der Waals surface area contributed by atoms with Gasteiger partial charge in [0, 0.05) is 25.7 Å². The van der Waals surface area contributed by atoms with E-state index in [9.17, 15) is 4.79 Å². The fourth-order valence-corrected chi connectivity index (χ4v) is 2.92. The molecule has 0 bridgehead atoms. The number of rotatable bonds is 4. The van der Waals surface area contributed by atoms with Crippen LogP contribution in [0.15, 0.2) is 0 Å². The first-order valence-corrected chi connectivity index (χ1v) is 6.58. The molecule has 0 spiro atoms. The molecule has 0 aromatic carbocycles. The number of aldehydes is 1. The highest BCUT2D eigenvalue weighted by atomic mass is 16.5. The molecule has 2 heterocycles. The third kappa shape index (κ3) is 3.06. The number of likely N-dealkylation sites (N-methyl/N-ethyl adjacent to an activating group) is 1. The van der Waals surface area contributed by atoms with E-state index in [4.69, 9.17) is 4.74 Å². The van der Waals surface area contributed by atoms with Crippen LogP contribution in [-0.2, 0) is 9.53 Å². The predicted molar refractivity (Wildman–Crippen MR) is 67.1 cm³/mol. The second-order valence-corrected chi connectivity index (χ2v) is 5.78. The van der Waals surface area contributed by atoms with E-state index >= 15 is 0 Å². The number of hydrogen-bond donors (Lipinski definition) is 0. The molecule has 98 valence electrons. The van der Waals surface area contributed by atoms with E-state index in [2.05, 4.69) is 23.9 Å². The average molecular weight is 240 g/mol. The maximum Gasteiger partial charge on any atom is 0.129 e. The Bertz CT molecular complexity index is 262. The SMILES string of the molecule is CN(C)C1CCCN(CC2(C=O)CCOC2)C1. The Hall–Kier alpha value is -0.450. The molecule has 2 fully saturated rings. The predicted octanol–water partition coefficient (Wildman–Crippen LogP) is 0.618. The average Bonchev–Trinajstić information content (AvgIpc) is 2.78. The molecule has 17 heavy (non-hydrogen) atoms. The first-order chi connectivity index (χ1) is 8.15. The molecule has 2 aliphatic rings. The molecular formula is C13H24N2O2. The van der Waals surface area contributed by atoms with E-state index in [1.807, 2.05) is 0 Å². The molecule has 0 amide bonds. The maximum absolute atomic E-state index is 11.3. The molecule has 0 aliphatic carbocycles. The highest BCUT2D eigenvalue weighted by molar-refractivity contribution is 5.60. The van der Waals surface area contributed by atoms with Gasteiger partial charge in [-0.15, -0.1) is 0 Å². The van der Waals surface area contributed by atoms with Gasteiger partial charge in [-0.3, -0.25) is 0 Å². The number of hydrogen-bond acceptors (Lipinski definition) is 4. The van der Waals surface area contributed by atoms with Crippen molar-refractivity contribution < 1.29 is 9.53 Å². The third-order valence-corrected chi connectivity index (χ3v) is 4.13. The molecule has 0 saturated carbocycles. The molecule has 0 aromatic rings. The normalized spacial score (nSPS) is 35.4. The Morgan fingerprint density at radius 1 is 1.53 bits per heavy atom. The van der Waals surface area contributed by atoms with Gasteiger partial charge in [-0.25, -0.2) is 0 Å². The summed E-state index contributed by atoms with van der Waals surface area (Å²) in [5.41, 5.74) is -0.228. The standard InChI is InChI=1S/C13H24N2O2/c1-14(2)12-4-3-6-15(8-12)9-13(10-16)5-7-17-11-13/h10,12H,3-9,11H2,1-2H3. The van der Waals surface area contributed by atoms with Gasteiger partial charge in [-0.05, 0) is 39.9 Å². The summed E-state index contributed by atoms with van der Waals surface area (Å²) in [6, 6.07) is 0.634. The summed E-state index contributed by atoms with van der Waals surface area (Å²) in [5, 5.41) is 0. The second-order valence-electron chi connectivity index (χ2n) is 5.78. The summed E-state index contributed by atoms with van der Waals surface area (Å²) in [4.78, 5) is 16.0. The lowest BCUT2D eigenvalue weighted by Gasteiger charge is -2.39. The van der Waals surface area contributed by atoms with Crippen LogP contribution in [0.5, 0.6) is 0 Å². The first-order valence-electron chi connectivity index (χ1n) is 6.58. The molecule has 0 N–H and O–H groups in total. The number of piperidine rings is 1. The van der Waals surface area contributed by atoms with E-state index in [-0.39, 0.29) is 5.41 Å². The highest BCUT2D eigenvalue weighted by Gasteiger charge is 2.37. The zero-order chi connectivity index (χ0) is 12.3. The van der Waals surface area contributed by atoms with Gasteiger partial charge in [0.05, 0.1) is 12.0 Å². The van der Waals surface area contributed by atoms with Gasteiger partial charge in [0.25, 0.3) is 0 Å². The van der Waals surface area contributed by atoms with Crippen LogP contribution in [0.25, 0.3) is 0 Å². The summed E-state index contributed by atoms with van der Waals surface area (Å²) in [7, 11) is 4.28. The van der Waals surface area contributed by atoms with Gasteiger partial charge in [0.2, 0.25) is 0 Å². The van der Waals surface area contributed by atoms with Gasteiger partial charge < -0.3 is 19.3 Å². The quantitative estimate of drug-likeness (QED) is 0.674. The van der Waals surface area contributed by atoms with Crippen molar-refractivity contribution in [3.63, 3.8) is 0 Å². The van der Waals surface area contributed by atoms with Gasteiger partial charge in [0.15, 0.2) is 0 Å². The minimum atomic E-state index is -0.228. The summed E-state index contributed by atoms with van der Waals surface area (Å²) < 4.78 is 5.40. The molecule has 2 rings (SSSR count). The summed E-state index contributed by atoms with van der Waals surface area (Å²) in [5.74, 6) is 0. The second kappa shape index (κ2) is 5.46. The van der Waals surface area contributed by atoms with Crippen molar-refractivity contribution in [2.45, 2.75) is 25.3 Å². The van der Waals surface area contributed by atoms with Crippen molar-refractivity contribution in [3.05, 3.63) is 0 Å². The number of likely N-dealkylation sites (tertiary alicyclic amines) is 1. The van der Waals surface area contributed by atoms with Gasteiger partial charge >= 0.3 is 0 Å². The van der Waals surface area contributed by atoms with Crippen LogP contribution in [0.4, 0.5) is 0 Å². The van der Waals surface area contributed by atoms with Crippen molar-refractivity contribution in [1.29, 1.82) is 0 Å². The van der Waals surface area contributed by atoms with Crippen LogP contribution < -0.4 is 0 Å². The first kappa shape index (κ1) is 13.0. The molecule has 4 heteroatoms. The molecule has 2 unspecified atom stereocenters.